The Morgan fingerprint density at radius 3 is 2.03 bits per heavy atom. The van der Waals surface area contributed by atoms with Crippen LogP contribution in [0.25, 0.3) is 0 Å². The van der Waals surface area contributed by atoms with Crippen LogP contribution in [0.4, 0.5) is 0 Å². The molecular weight excluding hydrogens is 428 g/mol. The number of carbonyl (C=O) groups is 4. The van der Waals surface area contributed by atoms with Gasteiger partial charge >= 0.3 is 5.97 Å². The maximum Gasteiger partial charge on any atom is 0.328 e. The number of rotatable bonds is 12. The van der Waals surface area contributed by atoms with Gasteiger partial charge in [-0.1, -0.05) is 30.3 Å². The van der Waals surface area contributed by atoms with Crippen LogP contribution in [0.5, 0.6) is 0 Å². The molecule has 31 heavy (non-hydrogen) atoms. The lowest BCUT2D eigenvalue weighted by molar-refractivity contribution is -0.145. The SMILES string of the molecule is C[C@@H](O)[C@H](NC(=O)[C@H](CS)NC(=O)[C@H](Cc1ccccc1)NC(=O)[C@@H](N)CO)C(=O)O. The molecule has 0 aromatic heterocycles. The number of benzene rings is 1. The molecule has 12 heteroatoms. The highest BCUT2D eigenvalue weighted by Crippen LogP contribution is 2.05. The molecule has 8 N–H and O–H groups in total. The van der Waals surface area contributed by atoms with Gasteiger partial charge in [-0.05, 0) is 12.5 Å². The molecule has 1 aromatic rings. The van der Waals surface area contributed by atoms with Crippen molar-refractivity contribution in [1.82, 2.24) is 16.0 Å². The molecule has 3 amide bonds. The second-order valence-electron chi connectivity index (χ2n) is 6.85. The summed E-state index contributed by atoms with van der Waals surface area (Å²) in [6.45, 7) is 0.576. The van der Waals surface area contributed by atoms with Crippen LogP contribution >= 0.6 is 12.6 Å². The highest BCUT2D eigenvalue weighted by molar-refractivity contribution is 7.80. The third kappa shape index (κ3) is 8.53. The number of carboxylic acid groups (broad SMARTS) is 1. The molecule has 172 valence electrons. The number of amides is 3. The lowest BCUT2D eigenvalue weighted by Crippen LogP contribution is -2.59. The topological polar surface area (TPSA) is 191 Å². The Hall–Kier alpha value is -2.67. The van der Waals surface area contributed by atoms with Gasteiger partial charge in [0, 0.05) is 12.2 Å². The van der Waals surface area contributed by atoms with Crippen LogP contribution in [0.2, 0.25) is 0 Å². The van der Waals surface area contributed by atoms with E-state index in [0.29, 0.717) is 5.56 Å². The largest absolute Gasteiger partial charge is 0.480 e. The number of hydrogen-bond acceptors (Lipinski definition) is 8. The van der Waals surface area contributed by atoms with E-state index < -0.39 is 60.6 Å². The predicted octanol–water partition coefficient (Wildman–Crippen LogP) is -2.60. The fraction of sp³-hybridized carbons (Fsp3) is 0.474. The standard InChI is InChI=1S/C19H28N4O7S/c1-10(25)15(19(29)30)23-18(28)14(9-31)22-17(27)13(21-16(26)12(20)8-24)7-11-5-3-2-4-6-11/h2-6,10,12-15,24-25,31H,7-9,20H2,1H3,(H,21,26)(H,22,27)(H,23,28)(H,29,30)/t10-,12+,13+,14+,15+/m1/s1. The minimum absolute atomic E-state index is 0.0723. The Morgan fingerprint density at radius 1 is 1.00 bits per heavy atom. The molecule has 0 aliphatic rings. The molecule has 5 atom stereocenters. The summed E-state index contributed by atoms with van der Waals surface area (Å²) < 4.78 is 0. The molecule has 0 aliphatic carbocycles. The van der Waals surface area contributed by atoms with Crippen LogP contribution in [-0.2, 0) is 25.6 Å². The highest BCUT2D eigenvalue weighted by Gasteiger charge is 2.31. The minimum atomic E-state index is -1.57. The first kappa shape index (κ1) is 26.4. The van der Waals surface area contributed by atoms with Gasteiger partial charge < -0.3 is 37.0 Å². The summed E-state index contributed by atoms with van der Waals surface area (Å²) in [4.78, 5) is 48.5. The van der Waals surface area contributed by atoms with Gasteiger partial charge in [0.2, 0.25) is 17.7 Å². The van der Waals surface area contributed by atoms with Crippen LogP contribution < -0.4 is 21.7 Å². The number of thiol groups is 1. The number of aliphatic hydroxyl groups excluding tert-OH is 2. The molecule has 0 fully saturated rings. The maximum atomic E-state index is 12.8. The van der Waals surface area contributed by atoms with E-state index in [1.165, 1.54) is 6.92 Å². The Balaban J connectivity index is 2.96. The summed E-state index contributed by atoms with van der Waals surface area (Å²) in [5.74, 6) is -3.98. The molecule has 1 aromatic carbocycles. The number of carbonyl (C=O) groups excluding carboxylic acids is 3. The molecule has 0 unspecified atom stereocenters. The van der Waals surface area contributed by atoms with E-state index in [2.05, 4.69) is 28.6 Å². The molecule has 11 nitrogen and oxygen atoms in total. The van der Waals surface area contributed by atoms with Crippen molar-refractivity contribution in [2.75, 3.05) is 12.4 Å². The molecular formula is C19H28N4O7S. The summed E-state index contributed by atoms with van der Waals surface area (Å²) >= 11 is 4.01. The Kier molecular flexibility index (Phi) is 11.0. The first-order valence-electron chi connectivity index (χ1n) is 9.43. The number of nitrogens with one attached hydrogen (secondary N) is 3. The summed E-state index contributed by atoms with van der Waals surface area (Å²) in [5.41, 5.74) is 6.21. The van der Waals surface area contributed by atoms with E-state index >= 15 is 0 Å². The van der Waals surface area contributed by atoms with E-state index in [1.807, 2.05) is 0 Å². The van der Waals surface area contributed by atoms with Gasteiger partial charge in [0.05, 0.1) is 12.7 Å². The first-order valence-corrected chi connectivity index (χ1v) is 10.1. The molecule has 0 saturated carbocycles. The van der Waals surface area contributed by atoms with E-state index in [9.17, 15) is 24.3 Å². The van der Waals surface area contributed by atoms with Crippen molar-refractivity contribution in [3.8, 4) is 0 Å². The first-order chi connectivity index (χ1) is 14.6. The normalized spacial score (nSPS) is 15.6. The monoisotopic (exact) mass is 456 g/mol. The smallest absolute Gasteiger partial charge is 0.328 e. The van der Waals surface area contributed by atoms with Gasteiger partial charge in [0.1, 0.15) is 18.1 Å². The van der Waals surface area contributed by atoms with Crippen LogP contribution in [0.1, 0.15) is 12.5 Å². The summed E-state index contributed by atoms with van der Waals surface area (Å²) in [6, 6.07) is 3.57. The van der Waals surface area contributed by atoms with Crippen molar-refractivity contribution < 1.29 is 34.5 Å². The van der Waals surface area contributed by atoms with Gasteiger partial charge in [-0.2, -0.15) is 12.6 Å². The van der Waals surface area contributed by atoms with E-state index in [4.69, 9.17) is 15.9 Å². The molecule has 0 saturated heterocycles. The van der Waals surface area contributed by atoms with E-state index in [0.717, 1.165) is 0 Å². The van der Waals surface area contributed by atoms with Gasteiger partial charge in [0.25, 0.3) is 0 Å². The number of aliphatic carboxylic acids is 1. The lowest BCUT2D eigenvalue weighted by atomic mass is 10.0. The lowest BCUT2D eigenvalue weighted by Gasteiger charge is -2.25. The van der Waals surface area contributed by atoms with Gasteiger partial charge in [-0.15, -0.1) is 0 Å². The quantitative estimate of drug-likeness (QED) is 0.157. The Morgan fingerprint density at radius 2 is 1.55 bits per heavy atom. The second-order valence-corrected chi connectivity index (χ2v) is 7.21. The van der Waals surface area contributed by atoms with Crippen LogP contribution in [0.15, 0.2) is 30.3 Å². The van der Waals surface area contributed by atoms with Crippen molar-refractivity contribution in [2.24, 2.45) is 5.73 Å². The summed E-state index contributed by atoms with van der Waals surface area (Å²) in [5, 5.41) is 34.6. The van der Waals surface area contributed by atoms with Crippen molar-refractivity contribution in [3.05, 3.63) is 35.9 Å². The van der Waals surface area contributed by atoms with Crippen LogP contribution in [-0.4, -0.2) is 81.6 Å². The van der Waals surface area contributed by atoms with E-state index in [1.54, 1.807) is 30.3 Å². The Bertz CT molecular complexity index is 763. The molecule has 1 rings (SSSR count). The Labute approximate surface area is 184 Å². The summed E-state index contributed by atoms with van der Waals surface area (Å²) in [6.07, 6.45) is -1.30. The van der Waals surface area contributed by atoms with E-state index in [-0.39, 0.29) is 12.2 Å². The van der Waals surface area contributed by atoms with Crippen molar-refractivity contribution >= 4 is 36.3 Å². The molecule has 0 bridgehead atoms. The molecule has 0 spiro atoms. The minimum Gasteiger partial charge on any atom is -0.480 e. The third-order valence-corrected chi connectivity index (χ3v) is 4.68. The summed E-state index contributed by atoms with van der Waals surface area (Å²) in [7, 11) is 0. The van der Waals surface area contributed by atoms with Crippen molar-refractivity contribution in [2.45, 2.75) is 43.6 Å². The van der Waals surface area contributed by atoms with Gasteiger partial charge in [-0.3, -0.25) is 14.4 Å². The third-order valence-electron chi connectivity index (χ3n) is 4.31. The number of aliphatic hydroxyl groups is 2. The zero-order valence-electron chi connectivity index (χ0n) is 16.9. The van der Waals surface area contributed by atoms with Gasteiger partial charge in [-0.25, -0.2) is 4.79 Å². The zero-order chi connectivity index (χ0) is 23.6. The average molecular weight is 457 g/mol. The number of nitrogens with two attached hydrogens (primary N) is 1. The fourth-order valence-electron chi connectivity index (χ4n) is 2.53. The van der Waals surface area contributed by atoms with Gasteiger partial charge in [0.15, 0.2) is 6.04 Å². The second kappa shape index (κ2) is 12.9. The van der Waals surface area contributed by atoms with Crippen LogP contribution in [0, 0.1) is 0 Å². The fourth-order valence-corrected chi connectivity index (χ4v) is 2.79. The average Bonchev–Trinajstić information content (AvgIpc) is 2.74. The highest BCUT2D eigenvalue weighted by atomic mass is 32.1. The number of hydrogen-bond donors (Lipinski definition) is 8. The maximum absolute atomic E-state index is 12.8. The number of carboxylic acids is 1. The zero-order valence-corrected chi connectivity index (χ0v) is 17.8. The predicted molar refractivity (Wildman–Crippen MR) is 114 cm³/mol. The molecule has 0 aliphatic heterocycles. The molecule has 0 radical (unpaired) electrons. The van der Waals surface area contributed by atoms with Crippen molar-refractivity contribution in [1.29, 1.82) is 0 Å². The molecule has 0 heterocycles. The van der Waals surface area contributed by atoms with Crippen LogP contribution in [0.3, 0.4) is 0 Å². The van der Waals surface area contributed by atoms with Crippen molar-refractivity contribution in [3.63, 3.8) is 0 Å².